The fourth-order valence-electron chi connectivity index (χ4n) is 1.91. The molecule has 1 heterocycles. The molecule has 1 fully saturated rings. The van der Waals surface area contributed by atoms with Crippen LogP contribution in [-0.4, -0.2) is 49.1 Å². The third kappa shape index (κ3) is 6.40. The molecule has 1 atom stereocenters. The molecular formula is C13H18KN2O5S-. The topological polar surface area (TPSA) is 116 Å². The molecule has 0 aliphatic heterocycles. The summed E-state index contributed by atoms with van der Waals surface area (Å²) in [5.41, 5.74) is 0.494. The van der Waals surface area contributed by atoms with E-state index in [1.807, 2.05) is 6.29 Å². The van der Waals surface area contributed by atoms with Crippen LogP contribution in [0.1, 0.15) is 36.7 Å². The first-order chi connectivity index (χ1) is 9.56. The summed E-state index contributed by atoms with van der Waals surface area (Å²) in [4.78, 5) is 19.1. The Morgan fingerprint density at radius 2 is 2.14 bits per heavy atom. The molecule has 9 heteroatoms. The van der Waals surface area contributed by atoms with E-state index in [0.717, 1.165) is 12.8 Å². The van der Waals surface area contributed by atoms with Gasteiger partial charge in [0.05, 0.1) is 5.25 Å². The van der Waals surface area contributed by atoms with Gasteiger partial charge in [-0.25, -0.2) is 18.4 Å². The van der Waals surface area contributed by atoms with E-state index in [4.69, 9.17) is 4.74 Å². The average molecular weight is 353 g/mol. The van der Waals surface area contributed by atoms with Crippen LogP contribution in [0.5, 0.6) is 0 Å². The number of rotatable bonds is 8. The van der Waals surface area contributed by atoms with Crippen LogP contribution in [0.2, 0.25) is 0 Å². The van der Waals surface area contributed by atoms with Crippen LogP contribution in [-0.2, 0) is 25.1 Å². The molecule has 1 aromatic heterocycles. The summed E-state index contributed by atoms with van der Waals surface area (Å²) in [6.45, 7) is 0.416. The predicted molar refractivity (Wildman–Crippen MR) is 74.5 cm³/mol. The monoisotopic (exact) mass is 353 g/mol. The Kier molecular flexibility index (Phi) is 10.3. The largest absolute Gasteiger partial charge is 1.00 e. The summed E-state index contributed by atoms with van der Waals surface area (Å²) < 4.78 is 28.7. The van der Waals surface area contributed by atoms with Crippen molar-refractivity contribution in [2.45, 2.75) is 36.2 Å². The number of sulfone groups is 1. The number of aromatic nitrogens is 2. The van der Waals surface area contributed by atoms with Gasteiger partial charge >= 0.3 is 51.4 Å². The van der Waals surface area contributed by atoms with E-state index in [1.165, 1.54) is 6.20 Å². The van der Waals surface area contributed by atoms with Crippen molar-refractivity contribution < 1.29 is 74.8 Å². The van der Waals surface area contributed by atoms with E-state index >= 15 is 0 Å². The maximum atomic E-state index is 11.9. The number of carbonyl (C=O) groups excluding carboxylic acids is 1. The first-order valence-corrected chi connectivity index (χ1v) is 8.18. The predicted octanol–water partition coefficient (Wildman–Crippen LogP) is -2.39. The Bertz CT molecular complexity index is 578. The van der Waals surface area contributed by atoms with Gasteiger partial charge in [0.2, 0.25) is 0 Å². The first-order valence-electron chi connectivity index (χ1n) is 6.47. The van der Waals surface area contributed by atoms with Crippen molar-refractivity contribution in [2.24, 2.45) is 0 Å². The first kappa shape index (κ1) is 22.3. The van der Waals surface area contributed by atoms with Crippen LogP contribution in [0.15, 0.2) is 12.3 Å². The molecule has 1 aromatic rings. The Morgan fingerprint density at radius 1 is 1.45 bits per heavy atom. The second-order valence-electron chi connectivity index (χ2n) is 4.86. The number of nitrogens with zero attached hydrogens (tertiary/aromatic N) is 2. The van der Waals surface area contributed by atoms with Gasteiger partial charge in [-0.2, -0.15) is 0 Å². The molecule has 1 aliphatic carbocycles. The van der Waals surface area contributed by atoms with Crippen molar-refractivity contribution in [3.63, 3.8) is 0 Å². The molecule has 7 nitrogen and oxygen atoms in total. The zero-order valence-corrected chi connectivity index (χ0v) is 16.7. The van der Waals surface area contributed by atoms with Gasteiger partial charge in [0.1, 0.15) is 11.6 Å². The standard InChI is InChI=1S/C13H17N2O4S.K.H2O/c1-19-7-5-10(8-16)12-4-6-14-13(15-12)9-20(17,18)11-2-3-11;;/h4,6,10-11H,2-3,5,7,9H2,1H3;;1H2/q-1;+1;/p-1. The maximum absolute atomic E-state index is 11.9. The second kappa shape index (κ2) is 10.2. The van der Waals surface area contributed by atoms with Crippen molar-refractivity contribution in [1.29, 1.82) is 0 Å². The van der Waals surface area contributed by atoms with Crippen molar-refractivity contribution in [3.8, 4) is 0 Å². The molecule has 1 unspecified atom stereocenters. The van der Waals surface area contributed by atoms with Gasteiger partial charge in [-0.3, -0.25) is 6.29 Å². The summed E-state index contributed by atoms with van der Waals surface area (Å²) >= 11 is 0. The average Bonchev–Trinajstić information content (AvgIpc) is 3.24. The quantitative estimate of drug-likeness (QED) is 0.378. The smallest absolute Gasteiger partial charge is 0.870 e. The molecule has 0 amide bonds. The molecule has 22 heavy (non-hydrogen) atoms. The summed E-state index contributed by atoms with van der Waals surface area (Å²) in [6, 6.07) is 1.61. The van der Waals surface area contributed by atoms with Gasteiger partial charge in [0.15, 0.2) is 9.84 Å². The molecule has 0 radical (unpaired) electrons. The Labute approximate surface area is 172 Å². The summed E-state index contributed by atoms with van der Waals surface area (Å²) in [5, 5.41) is -0.239. The van der Waals surface area contributed by atoms with E-state index in [1.54, 1.807) is 13.2 Å². The SMILES string of the molecule is COCCC([C-]=O)c1ccnc(CS(=O)(=O)C2CC2)n1.[K+].[OH-]. The molecule has 0 spiro atoms. The molecule has 0 saturated heterocycles. The van der Waals surface area contributed by atoms with Gasteiger partial charge in [-0.05, 0) is 25.3 Å². The zero-order chi connectivity index (χ0) is 14.6. The normalized spacial score (nSPS) is 15.3. The van der Waals surface area contributed by atoms with Crippen LogP contribution in [0.4, 0.5) is 0 Å². The van der Waals surface area contributed by atoms with Crippen LogP contribution in [0, 0.1) is 0 Å². The van der Waals surface area contributed by atoms with E-state index in [2.05, 4.69) is 9.97 Å². The van der Waals surface area contributed by atoms with Gasteiger partial charge in [0, 0.05) is 25.6 Å². The van der Waals surface area contributed by atoms with Gasteiger partial charge < -0.3 is 15.0 Å². The molecule has 118 valence electrons. The van der Waals surface area contributed by atoms with Gasteiger partial charge in [0.25, 0.3) is 0 Å². The van der Waals surface area contributed by atoms with Gasteiger partial charge in [-0.1, -0.05) is 5.92 Å². The molecule has 0 aromatic carbocycles. The zero-order valence-electron chi connectivity index (χ0n) is 12.7. The molecule has 1 N–H and O–H groups in total. The van der Waals surface area contributed by atoms with Crippen LogP contribution in [0.3, 0.4) is 0 Å². The maximum Gasteiger partial charge on any atom is 1.00 e. The van der Waals surface area contributed by atoms with Crippen LogP contribution >= 0.6 is 0 Å². The Hall–Kier alpha value is 0.256. The number of methoxy groups -OCH3 is 1. The van der Waals surface area contributed by atoms with Crippen molar-refractivity contribution in [2.75, 3.05) is 13.7 Å². The minimum Gasteiger partial charge on any atom is -0.870 e. The fraction of sp³-hybridized carbons (Fsp3) is 0.615. The second-order valence-corrected chi connectivity index (χ2v) is 7.14. The van der Waals surface area contributed by atoms with Crippen molar-refractivity contribution >= 4 is 16.1 Å². The Balaban J connectivity index is 0.00000220. The number of hydrogen-bond acceptors (Lipinski definition) is 7. The summed E-state index contributed by atoms with van der Waals surface area (Å²) in [5.74, 6) is -0.436. The summed E-state index contributed by atoms with van der Waals surface area (Å²) in [6.07, 6.45) is 5.30. The van der Waals surface area contributed by atoms with Crippen molar-refractivity contribution in [1.82, 2.24) is 9.97 Å². The number of ether oxygens (including phenoxy) is 1. The Morgan fingerprint density at radius 3 is 2.68 bits per heavy atom. The number of hydrogen-bond donors (Lipinski definition) is 0. The van der Waals surface area contributed by atoms with E-state index in [-0.39, 0.29) is 73.7 Å². The molecule has 0 bridgehead atoms. The molecule has 1 saturated carbocycles. The van der Waals surface area contributed by atoms with Crippen LogP contribution in [0.25, 0.3) is 0 Å². The van der Waals surface area contributed by atoms with E-state index < -0.39 is 15.8 Å². The van der Waals surface area contributed by atoms with Crippen molar-refractivity contribution in [3.05, 3.63) is 23.8 Å². The van der Waals surface area contributed by atoms with E-state index in [0.29, 0.717) is 18.7 Å². The van der Waals surface area contributed by atoms with Crippen LogP contribution < -0.4 is 51.4 Å². The van der Waals surface area contributed by atoms with E-state index in [9.17, 15) is 13.2 Å². The third-order valence-corrected chi connectivity index (χ3v) is 5.35. The minimum atomic E-state index is -3.15. The molecule has 1 aliphatic rings. The fourth-order valence-corrected chi connectivity index (χ4v) is 3.50. The summed E-state index contributed by atoms with van der Waals surface area (Å²) in [7, 11) is -1.60. The molecular weight excluding hydrogens is 335 g/mol. The third-order valence-electron chi connectivity index (χ3n) is 3.20. The van der Waals surface area contributed by atoms with Gasteiger partial charge in [-0.15, -0.1) is 0 Å². The molecule has 2 rings (SSSR count). The minimum absolute atomic E-state index is 0.